The van der Waals surface area contributed by atoms with E-state index in [0.29, 0.717) is 11.4 Å². The van der Waals surface area contributed by atoms with E-state index in [-0.39, 0.29) is 5.78 Å². The fraction of sp³-hybridized carbons (Fsp3) is 0.125. The molecule has 0 aliphatic rings. The number of rotatable bonds is 5. The van der Waals surface area contributed by atoms with Crippen molar-refractivity contribution in [1.82, 2.24) is 0 Å². The summed E-state index contributed by atoms with van der Waals surface area (Å²) in [6, 6.07) is 15.0. The molecule has 2 aromatic carbocycles. The molecule has 0 fully saturated rings. The Morgan fingerprint density at radius 1 is 1.05 bits per heavy atom. The highest BCUT2D eigenvalue weighted by Gasteiger charge is 2.06. The summed E-state index contributed by atoms with van der Waals surface area (Å²) in [5, 5.41) is 2.31. The number of halogens is 1. The van der Waals surface area contributed by atoms with Crippen molar-refractivity contribution in [3.8, 4) is 0 Å². The Balaban J connectivity index is 1.96. The smallest absolute Gasteiger partial charge is 0.163 e. The standard InChI is InChI=1S/C16H13ClOS/c17-15-8-3-12(4-9-15)5-10-16(18)14-6-1-13(11-19)2-7-14/h1-4,6-9,11H,5,10H2. The molecule has 1 nitrogen and oxygen atoms in total. The lowest BCUT2D eigenvalue weighted by atomic mass is 10.0. The molecule has 19 heavy (non-hydrogen) atoms. The number of hydrogen-bond acceptors (Lipinski definition) is 2. The van der Waals surface area contributed by atoms with Gasteiger partial charge in [-0.05, 0) is 29.7 Å². The van der Waals surface area contributed by atoms with Crippen molar-refractivity contribution in [2.75, 3.05) is 0 Å². The van der Waals surface area contributed by atoms with Crippen LogP contribution in [0.2, 0.25) is 5.02 Å². The number of hydrogen-bond donors (Lipinski definition) is 0. The first kappa shape index (κ1) is 13.9. The second-order valence-corrected chi connectivity index (χ2v) is 4.96. The zero-order chi connectivity index (χ0) is 13.7. The lowest BCUT2D eigenvalue weighted by molar-refractivity contribution is 0.0983. The van der Waals surface area contributed by atoms with Crippen molar-refractivity contribution in [3.63, 3.8) is 0 Å². The van der Waals surface area contributed by atoms with Crippen molar-refractivity contribution in [3.05, 3.63) is 70.2 Å². The molecule has 0 saturated heterocycles. The molecule has 0 aliphatic heterocycles. The fourth-order valence-corrected chi connectivity index (χ4v) is 2.08. The molecule has 3 heteroatoms. The van der Waals surface area contributed by atoms with E-state index < -0.39 is 0 Å². The molecule has 0 aliphatic carbocycles. The first-order valence-corrected chi connectivity index (χ1v) is 6.87. The second-order valence-electron chi connectivity index (χ2n) is 4.29. The van der Waals surface area contributed by atoms with E-state index in [4.69, 9.17) is 23.8 Å². The largest absolute Gasteiger partial charge is 0.294 e. The molecule has 0 radical (unpaired) electrons. The molecule has 0 atom stereocenters. The summed E-state index contributed by atoms with van der Waals surface area (Å²) in [5.74, 6) is 0.144. The third kappa shape index (κ3) is 3.98. The van der Waals surface area contributed by atoms with Crippen molar-refractivity contribution < 1.29 is 4.79 Å². The molecule has 0 unspecified atom stereocenters. The van der Waals surface area contributed by atoms with Gasteiger partial charge in [0.05, 0.1) is 0 Å². The van der Waals surface area contributed by atoms with E-state index in [9.17, 15) is 4.79 Å². The van der Waals surface area contributed by atoms with Gasteiger partial charge in [0.25, 0.3) is 0 Å². The molecular weight excluding hydrogens is 276 g/mol. The molecule has 0 amide bonds. The Kier molecular flexibility index (Phi) is 4.83. The number of carbonyl (C=O) groups is 1. The summed E-state index contributed by atoms with van der Waals surface area (Å²) in [6.07, 6.45) is 1.23. The molecule has 0 bridgehead atoms. The van der Waals surface area contributed by atoms with E-state index in [2.05, 4.69) is 0 Å². The third-order valence-corrected chi connectivity index (χ3v) is 3.45. The van der Waals surface area contributed by atoms with Crippen LogP contribution in [0.1, 0.15) is 27.9 Å². The third-order valence-electron chi connectivity index (χ3n) is 2.92. The van der Waals surface area contributed by atoms with Crippen molar-refractivity contribution >= 4 is 35.0 Å². The van der Waals surface area contributed by atoms with Crippen LogP contribution in [0.5, 0.6) is 0 Å². The number of ketones is 1. The van der Waals surface area contributed by atoms with Gasteiger partial charge in [0.1, 0.15) is 0 Å². The van der Waals surface area contributed by atoms with Gasteiger partial charge in [-0.25, -0.2) is 0 Å². The predicted octanol–water partition coefficient (Wildman–Crippen LogP) is 4.50. The van der Waals surface area contributed by atoms with Gasteiger partial charge in [-0.2, -0.15) is 0 Å². The van der Waals surface area contributed by atoms with Gasteiger partial charge >= 0.3 is 0 Å². The summed E-state index contributed by atoms with van der Waals surface area (Å²) < 4.78 is 0. The zero-order valence-electron chi connectivity index (χ0n) is 10.3. The summed E-state index contributed by atoms with van der Waals surface area (Å²) in [5.41, 5.74) is 2.80. The SMILES string of the molecule is O=C(CCc1ccc(Cl)cc1)c1ccc(C=S)cc1. The second kappa shape index (κ2) is 6.60. The minimum absolute atomic E-state index is 0.144. The number of benzene rings is 2. The summed E-state index contributed by atoms with van der Waals surface area (Å²) >= 11 is 10.7. The Morgan fingerprint density at radius 2 is 1.68 bits per heavy atom. The van der Waals surface area contributed by atoms with Crippen molar-refractivity contribution in [1.29, 1.82) is 0 Å². The molecule has 96 valence electrons. The molecule has 2 rings (SSSR count). The van der Waals surface area contributed by atoms with Crippen LogP contribution in [0.15, 0.2) is 48.5 Å². The van der Waals surface area contributed by atoms with Crippen LogP contribution in [0.3, 0.4) is 0 Å². The van der Waals surface area contributed by atoms with Crippen molar-refractivity contribution in [2.24, 2.45) is 0 Å². The van der Waals surface area contributed by atoms with E-state index in [0.717, 1.165) is 23.1 Å². The van der Waals surface area contributed by atoms with Gasteiger partial charge in [0, 0.05) is 22.4 Å². The van der Waals surface area contributed by atoms with Gasteiger partial charge < -0.3 is 0 Å². The molecule has 0 aromatic heterocycles. The summed E-state index contributed by atoms with van der Waals surface area (Å²) in [7, 11) is 0. The van der Waals surface area contributed by atoms with Gasteiger partial charge in [-0.3, -0.25) is 4.79 Å². The highest BCUT2D eigenvalue weighted by molar-refractivity contribution is 7.79. The van der Waals surface area contributed by atoms with E-state index in [1.165, 1.54) is 0 Å². The maximum Gasteiger partial charge on any atom is 0.163 e. The minimum atomic E-state index is 0.144. The lowest BCUT2D eigenvalue weighted by Gasteiger charge is -2.02. The highest BCUT2D eigenvalue weighted by atomic mass is 35.5. The van der Waals surface area contributed by atoms with Crippen LogP contribution in [-0.2, 0) is 6.42 Å². The number of Topliss-reactive ketones (excluding diaryl/α,β-unsaturated/α-hetero) is 1. The minimum Gasteiger partial charge on any atom is -0.294 e. The average molecular weight is 289 g/mol. The fourth-order valence-electron chi connectivity index (χ4n) is 1.80. The summed E-state index contributed by atoms with van der Waals surface area (Å²) in [4.78, 5) is 12.0. The molecular formula is C16H13ClOS. The Bertz CT molecular complexity index is 573. The molecule has 0 saturated carbocycles. The van der Waals surface area contributed by atoms with E-state index in [1.807, 2.05) is 48.5 Å². The Labute approximate surface area is 123 Å². The highest BCUT2D eigenvalue weighted by Crippen LogP contribution is 2.13. The van der Waals surface area contributed by atoms with Crippen LogP contribution in [0.25, 0.3) is 0 Å². The van der Waals surface area contributed by atoms with Gasteiger partial charge in [-0.1, -0.05) is 60.2 Å². The van der Waals surface area contributed by atoms with Crippen LogP contribution < -0.4 is 0 Å². The monoisotopic (exact) mass is 288 g/mol. The van der Waals surface area contributed by atoms with E-state index in [1.54, 1.807) is 5.37 Å². The van der Waals surface area contributed by atoms with Crippen LogP contribution >= 0.6 is 23.8 Å². The maximum absolute atomic E-state index is 12.0. The van der Waals surface area contributed by atoms with Crippen molar-refractivity contribution in [2.45, 2.75) is 12.8 Å². The Hall–Kier alpha value is -1.51. The first-order valence-electron chi connectivity index (χ1n) is 6.02. The molecule has 2 aromatic rings. The van der Waals surface area contributed by atoms with Crippen LogP contribution in [0.4, 0.5) is 0 Å². The van der Waals surface area contributed by atoms with E-state index >= 15 is 0 Å². The quantitative estimate of drug-likeness (QED) is 0.595. The predicted molar refractivity (Wildman–Crippen MR) is 83.3 cm³/mol. The van der Waals surface area contributed by atoms with Gasteiger partial charge in [0.2, 0.25) is 0 Å². The normalized spacial score (nSPS) is 10.2. The topological polar surface area (TPSA) is 17.1 Å². The van der Waals surface area contributed by atoms with Crippen LogP contribution in [-0.4, -0.2) is 11.2 Å². The zero-order valence-corrected chi connectivity index (χ0v) is 11.9. The van der Waals surface area contributed by atoms with Gasteiger partial charge in [0.15, 0.2) is 5.78 Å². The lowest BCUT2D eigenvalue weighted by Crippen LogP contribution is -2.01. The Morgan fingerprint density at radius 3 is 2.26 bits per heavy atom. The average Bonchev–Trinajstić information content (AvgIpc) is 2.46. The molecule has 0 spiro atoms. The number of thiocarbonyl (C=S) groups is 1. The van der Waals surface area contributed by atoms with Gasteiger partial charge in [-0.15, -0.1) is 0 Å². The molecule has 0 heterocycles. The maximum atomic E-state index is 12.0. The van der Waals surface area contributed by atoms with Crippen LogP contribution in [0, 0.1) is 0 Å². The molecule has 0 N–H and O–H groups in total. The first-order chi connectivity index (χ1) is 9.19. The number of carbonyl (C=O) groups excluding carboxylic acids is 1. The number of aryl methyl sites for hydroxylation is 1. The summed E-state index contributed by atoms with van der Waals surface area (Å²) in [6.45, 7) is 0.